The first-order valence-electron chi connectivity index (χ1n) is 11.5. The lowest BCUT2D eigenvalue weighted by molar-refractivity contribution is 0.381. The molecule has 2 saturated heterocycles. The zero-order valence-corrected chi connectivity index (χ0v) is 19.4. The second-order valence-electron chi connectivity index (χ2n) is 9.06. The topological polar surface area (TPSA) is 70.5 Å². The minimum absolute atomic E-state index is 0.0392. The van der Waals surface area contributed by atoms with Gasteiger partial charge in [-0.15, -0.1) is 0 Å². The molecule has 34 heavy (non-hydrogen) atoms. The second kappa shape index (κ2) is 8.25. The molecule has 2 fully saturated rings. The summed E-state index contributed by atoms with van der Waals surface area (Å²) < 4.78 is 21.6. The number of benzene rings is 3. The van der Waals surface area contributed by atoms with Crippen LogP contribution in [0.4, 0.5) is 10.2 Å². The van der Waals surface area contributed by atoms with Crippen molar-refractivity contribution >= 4 is 39.1 Å². The number of fused-ring (bicyclic) bond motifs is 4. The van der Waals surface area contributed by atoms with Gasteiger partial charge in [-0.1, -0.05) is 35.9 Å². The molecule has 2 atom stereocenters. The maximum atomic E-state index is 16.2. The maximum absolute atomic E-state index is 16.2. The lowest BCUT2D eigenvalue weighted by Crippen LogP contribution is -2.35. The van der Waals surface area contributed by atoms with E-state index in [2.05, 4.69) is 20.2 Å². The summed E-state index contributed by atoms with van der Waals surface area (Å²) in [5.41, 5.74) is 0.857. The van der Waals surface area contributed by atoms with E-state index >= 15 is 4.39 Å². The first-order chi connectivity index (χ1) is 16.5. The number of ether oxygens (including phenoxy) is 1. The highest BCUT2D eigenvalue weighted by Gasteiger charge is 2.31. The average molecular weight is 479 g/mol. The lowest BCUT2D eigenvalue weighted by Gasteiger charge is -2.27. The number of hydrogen-bond donors (Lipinski definition) is 2. The van der Waals surface area contributed by atoms with Crippen LogP contribution in [0.5, 0.6) is 11.8 Å². The molecule has 8 heteroatoms. The van der Waals surface area contributed by atoms with Crippen molar-refractivity contribution in [1.82, 2.24) is 15.3 Å². The van der Waals surface area contributed by atoms with Crippen molar-refractivity contribution in [2.24, 2.45) is 0 Å². The number of phenols is 1. The molecule has 3 aromatic carbocycles. The molecule has 0 spiro atoms. The van der Waals surface area contributed by atoms with Crippen molar-refractivity contribution in [2.45, 2.75) is 31.3 Å². The Morgan fingerprint density at radius 2 is 1.91 bits per heavy atom. The molecule has 0 amide bonds. The minimum Gasteiger partial charge on any atom is -0.508 e. The van der Waals surface area contributed by atoms with E-state index in [0.29, 0.717) is 28.9 Å². The molecular formula is C26H24ClFN4O2. The third kappa shape index (κ3) is 3.51. The summed E-state index contributed by atoms with van der Waals surface area (Å²) in [6.45, 7) is 1.59. The van der Waals surface area contributed by atoms with Crippen LogP contribution in [0.1, 0.15) is 19.3 Å². The molecule has 2 N–H and O–H groups in total. The number of hydrogen-bond acceptors (Lipinski definition) is 6. The van der Waals surface area contributed by atoms with Crippen LogP contribution in [0.3, 0.4) is 0 Å². The van der Waals surface area contributed by atoms with Crippen LogP contribution >= 0.6 is 11.6 Å². The number of methoxy groups -OCH3 is 1. The Labute approximate surface area is 201 Å². The maximum Gasteiger partial charge on any atom is 0.318 e. The van der Waals surface area contributed by atoms with Crippen LogP contribution in [0.2, 0.25) is 5.02 Å². The summed E-state index contributed by atoms with van der Waals surface area (Å²) in [5, 5.41) is 16.4. The number of anilines is 1. The van der Waals surface area contributed by atoms with Gasteiger partial charge in [-0.25, -0.2) is 4.39 Å². The lowest BCUT2D eigenvalue weighted by atomic mass is 9.96. The predicted octanol–water partition coefficient (Wildman–Crippen LogP) is 5.29. The normalized spacial score (nSPS) is 20.1. The number of aromatic nitrogens is 2. The average Bonchev–Trinajstić information content (AvgIpc) is 3.17. The monoisotopic (exact) mass is 478 g/mol. The number of nitrogens with zero attached hydrogens (tertiary/aromatic N) is 3. The van der Waals surface area contributed by atoms with E-state index in [-0.39, 0.29) is 27.9 Å². The number of nitrogens with one attached hydrogen (secondary N) is 1. The Morgan fingerprint density at radius 3 is 2.76 bits per heavy atom. The van der Waals surface area contributed by atoms with Crippen LogP contribution in [0.25, 0.3) is 32.8 Å². The molecule has 0 aliphatic carbocycles. The standard InChI is InChI=1S/C26H24ClFN4O2/c1-34-26-30-24-20(25(31-26)32-9-8-15-6-7-16(13-32)29-15)12-21(27)22(23(24)28)19-11-17(33)10-14-4-2-3-5-18(14)19/h2-5,10-12,15-16,29,33H,6-9,13H2,1H3. The highest BCUT2D eigenvalue weighted by atomic mass is 35.5. The van der Waals surface area contributed by atoms with Crippen molar-refractivity contribution in [3.05, 3.63) is 53.3 Å². The van der Waals surface area contributed by atoms with Gasteiger partial charge >= 0.3 is 6.01 Å². The van der Waals surface area contributed by atoms with Crippen LogP contribution in [-0.4, -0.2) is 47.4 Å². The van der Waals surface area contributed by atoms with E-state index in [1.807, 2.05) is 24.3 Å². The number of rotatable bonds is 3. The first-order valence-corrected chi connectivity index (χ1v) is 11.9. The van der Waals surface area contributed by atoms with Crippen molar-refractivity contribution in [3.8, 4) is 22.9 Å². The van der Waals surface area contributed by atoms with E-state index in [0.717, 1.165) is 36.7 Å². The molecule has 2 bridgehead atoms. The Morgan fingerprint density at radius 1 is 1.09 bits per heavy atom. The quantitative estimate of drug-likeness (QED) is 0.417. The van der Waals surface area contributed by atoms with Crippen molar-refractivity contribution in [1.29, 1.82) is 0 Å². The molecule has 4 aromatic rings. The molecule has 0 saturated carbocycles. The van der Waals surface area contributed by atoms with Gasteiger partial charge in [0.05, 0.1) is 12.1 Å². The van der Waals surface area contributed by atoms with Crippen molar-refractivity contribution < 1.29 is 14.2 Å². The Balaban J connectivity index is 1.58. The Kier molecular flexibility index (Phi) is 5.19. The molecule has 6 nitrogen and oxygen atoms in total. The molecule has 0 radical (unpaired) electrons. The van der Waals surface area contributed by atoms with Gasteiger partial charge < -0.3 is 20.1 Å². The number of phenolic OH excluding ortho intramolecular Hbond substituents is 1. The zero-order chi connectivity index (χ0) is 23.4. The summed E-state index contributed by atoms with van der Waals surface area (Å²) >= 11 is 6.74. The van der Waals surface area contributed by atoms with Crippen molar-refractivity contribution in [3.63, 3.8) is 0 Å². The summed E-state index contributed by atoms with van der Waals surface area (Å²) in [4.78, 5) is 11.2. The molecule has 174 valence electrons. The van der Waals surface area contributed by atoms with Gasteiger partial charge in [0.25, 0.3) is 0 Å². The highest BCUT2D eigenvalue weighted by molar-refractivity contribution is 6.35. The van der Waals surface area contributed by atoms with E-state index in [1.54, 1.807) is 12.1 Å². The largest absolute Gasteiger partial charge is 0.508 e. The second-order valence-corrected chi connectivity index (χ2v) is 9.47. The van der Waals surface area contributed by atoms with Gasteiger partial charge in [0.1, 0.15) is 17.1 Å². The number of aromatic hydroxyl groups is 1. The highest BCUT2D eigenvalue weighted by Crippen LogP contribution is 2.42. The smallest absolute Gasteiger partial charge is 0.318 e. The molecule has 3 heterocycles. The van der Waals surface area contributed by atoms with E-state index in [9.17, 15) is 5.11 Å². The van der Waals surface area contributed by atoms with Crippen LogP contribution < -0.4 is 15.0 Å². The van der Waals surface area contributed by atoms with Crippen molar-refractivity contribution in [2.75, 3.05) is 25.1 Å². The summed E-state index contributed by atoms with van der Waals surface area (Å²) in [7, 11) is 1.48. The molecule has 2 aliphatic rings. The third-order valence-electron chi connectivity index (χ3n) is 6.96. The van der Waals surface area contributed by atoms with Gasteiger partial charge in [0, 0.05) is 36.1 Å². The summed E-state index contributed by atoms with van der Waals surface area (Å²) in [6.07, 6.45) is 3.30. The SMILES string of the molecule is COc1nc(N2CCC3CCC(C2)N3)c2cc(Cl)c(-c3cc(O)cc4ccccc34)c(F)c2n1. The molecule has 2 unspecified atom stereocenters. The van der Waals surface area contributed by atoms with Gasteiger partial charge in [0.2, 0.25) is 0 Å². The fourth-order valence-corrected chi connectivity index (χ4v) is 5.67. The van der Waals surface area contributed by atoms with Crippen LogP contribution in [0.15, 0.2) is 42.5 Å². The first kappa shape index (κ1) is 21.4. The van der Waals surface area contributed by atoms with Gasteiger partial charge in [-0.3, -0.25) is 0 Å². The molecular weight excluding hydrogens is 455 g/mol. The molecule has 6 rings (SSSR count). The minimum atomic E-state index is -0.560. The van der Waals surface area contributed by atoms with Gasteiger partial charge in [0.15, 0.2) is 5.82 Å². The number of halogens is 2. The molecule has 2 aliphatic heterocycles. The van der Waals surface area contributed by atoms with Gasteiger partial charge in [-0.2, -0.15) is 9.97 Å². The Bertz CT molecular complexity index is 1430. The van der Waals surface area contributed by atoms with E-state index < -0.39 is 5.82 Å². The van der Waals surface area contributed by atoms with E-state index in [1.165, 1.54) is 19.6 Å². The Hall–Kier alpha value is -3.16. The molecule has 1 aromatic heterocycles. The fraction of sp³-hybridized carbons (Fsp3) is 0.308. The van der Waals surface area contributed by atoms with Crippen LogP contribution in [0, 0.1) is 5.82 Å². The van der Waals surface area contributed by atoms with Crippen LogP contribution in [-0.2, 0) is 0 Å². The summed E-state index contributed by atoms with van der Waals surface area (Å²) in [6, 6.07) is 13.4. The zero-order valence-electron chi connectivity index (χ0n) is 18.7. The van der Waals surface area contributed by atoms with E-state index in [4.69, 9.17) is 16.3 Å². The fourth-order valence-electron chi connectivity index (χ4n) is 5.38. The predicted molar refractivity (Wildman–Crippen MR) is 132 cm³/mol. The van der Waals surface area contributed by atoms with Gasteiger partial charge in [-0.05, 0) is 53.8 Å². The summed E-state index contributed by atoms with van der Waals surface area (Å²) in [5.74, 6) is 0.108. The third-order valence-corrected chi connectivity index (χ3v) is 7.26.